The number of nitrogens with one attached hydrogen (secondary N) is 1. The van der Waals surface area contributed by atoms with Gasteiger partial charge in [-0.15, -0.1) is 0 Å². The number of benzene rings is 1. The Hall–Kier alpha value is -3.12. The molecule has 3 N–H and O–H groups in total. The number of ether oxygens (including phenoxy) is 1. The summed E-state index contributed by atoms with van der Waals surface area (Å²) in [4.78, 5) is 24.8. The lowest BCUT2D eigenvalue weighted by molar-refractivity contribution is 0.0335. The molecule has 1 aromatic carbocycles. The van der Waals surface area contributed by atoms with Gasteiger partial charge in [0.15, 0.2) is 6.19 Å². The molecule has 0 atom stereocenters. The quantitative estimate of drug-likeness (QED) is 0.609. The lowest BCUT2D eigenvalue weighted by Gasteiger charge is -2.22. The first kappa shape index (κ1) is 20.2. The van der Waals surface area contributed by atoms with Gasteiger partial charge in [-0.2, -0.15) is 10.4 Å². The van der Waals surface area contributed by atoms with Crippen molar-refractivity contribution < 1.29 is 18.7 Å². The van der Waals surface area contributed by atoms with Gasteiger partial charge in [0.1, 0.15) is 17.1 Å². The van der Waals surface area contributed by atoms with Gasteiger partial charge in [0.25, 0.3) is 5.91 Å². The molecule has 0 spiro atoms. The zero-order valence-corrected chi connectivity index (χ0v) is 15.6. The molecular formula is C17H17ClFN5O3. The second-order valence-electron chi connectivity index (χ2n) is 6.59. The van der Waals surface area contributed by atoms with Crippen molar-refractivity contribution in [3.8, 4) is 17.5 Å². The van der Waals surface area contributed by atoms with Crippen LogP contribution >= 0.6 is 11.6 Å². The molecule has 10 heteroatoms. The number of aromatic amines is 1. The molecule has 2 rings (SSSR count). The van der Waals surface area contributed by atoms with Crippen LogP contribution in [0.4, 0.5) is 9.18 Å². The van der Waals surface area contributed by atoms with E-state index in [9.17, 15) is 19.2 Å². The highest BCUT2D eigenvalue weighted by atomic mass is 35.5. The lowest BCUT2D eigenvalue weighted by Crippen LogP contribution is -2.34. The molecule has 1 aromatic heterocycles. The van der Waals surface area contributed by atoms with Crippen molar-refractivity contribution in [2.24, 2.45) is 5.73 Å². The number of rotatable bonds is 4. The van der Waals surface area contributed by atoms with Crippen molar-refractivity contribution >= 4 is 23.6 Å². The summed E-state index contributed by atoms with van der Waals surface area (Å²) in [5.41, 5.74) is 5.20. The van der Waals surface area contributed by atoms with E-state index >= 15 is 0 Å². The largest absolute Gasteiger partial charge is 0.443 e. The first-order valence-electron chi connectivity index (χ1n) is 7.76. The van der Waals surface area contributed by atoms with Crippen molar-refractivity contribution in [1.82, 2.24) is 15.1 Å². The number of carbonyl (C=O) groups is 2. The van der Waals surface area contributed by atoms with Crippen molar-refractivity contribution in [1.29, 1.82) is 5.26 Å². The molecule has 0 aliphatic rings. The molecule has 0 radical (unpaired) electrons. The average Bonchev–Trinajstić information content (AvgIpc) is 2.97. The van der Waals surface area contributed by atoms with Crippen LogP contribution in [0.2, 0.25) is 5.02 Å². The summed E-state index contributed by atoms with van der Waals surface area (Å²) >= 11 is 5.77. The molecule has 0 saturated heterocycles. The minimum atomic E-state index is -0.888. The van der Waals surface area contributed by atoms with Gasteiger partial charge in [0.2, 0.25) is 0 Å². The predicted molar refractivity (Wildman–Crippen MR) is 94.9 cm³/mol. The fourth-order valence-electron chi connectivity index (χ4n) is 2.23. The van der Waals surface area contributed by atoms with Crippen LogP contribution < -0.4 is 5.73 Å². The van der Waals surface area contributed by atoms with Gasteiger partial charge in [-0.3, -0.25) is 9.89 Å². The number of nitrogens with two attached hydrogens (primary N) is 1. The standard InChI is InChI=1S/C17H17ClFN5O3/c1-17(2,3)27-16(26)24(8-20)7-12-13(15(21)25)14(23-22-12)9-4-5-11(19)10(18)6-9/h4-6H,7H2,1-3H3,(H2,21,25)(H,22,23). The Morgan fingerprint density at radius 1 is 1.44 bits per heavy atom. The van der Waals surface area contributed by atoms with E-state index in [0.29, 0.717) is 10.5 Å². The third-order valence-corrected chi connectivity index (χ3v) is 3.62. The number of carbonyl (C=O) groups excluding carboxylic acids is 2. The van der Waals surface area contributed by atoms with Crippen LogP contribution in [0.3, 0.4) is 0 Å². The van der Waals surface area contributed by atoms with E-state index < -0.39 is 23.4 Å². The van der Waals surface area contributed by atoms with Crippen LogP contribution in [0, 0.1) is 17.3 Å². The normalized spacial score (nSPS) is 11.0. The molecule has 0 aliphatic heterocycles. The molecular weight excluding hydrogens is 377 g/mol. The number of H-pyrrole nitrogens is 1. The Morgan fingerprint density at radius 3 is 2.63 bits per heavy atom. The molecule has 2 aromatic rings. The number of nitriles is 1. The van der Waals surface area contributed by atoms with Crippen LogP contribution in [-0.4, -0.2) is 32.7 Å². The minimum Gasteiger partial charge on any atom is -0.443 e. The van der Waals surface area contributed by atoms with Crippen molar-refractivity contribution in [2.45, 2.75) is 32.9 Å². The number of amides is 2. The summed E-state index contributed by atoms with van der Waals surface area (Å²) in [6, 6.07) is 3.79. The van der Waals surface area contributed by atoms with Crippen LogP contribution in [0.1, 0.15) is 36.8 Å². The number of primary amides is 1. The van der Waals surface area contributed by atoms with E-state index in [4.69, 9.17) is 22.1 Å². The Labute approximate surface area is 159 Å². The predicted octanol–water partition coefficient (Wildman–Crippen LogP) is 3.19. The molecule has 1 heterocycles. The van der Waals surface area contributed by atoms with Crippen LogP contribution in [0.25, 0.3) is 11.3 Å². The first-order valence-corrected chi connectivity index (χ1v) is 8.14. The third kappa shape index (κ3) is 4.74. The van der Waals surface area contributed by atoms with E-state index in [2.05, 4.69) is 10.2 Å². The molecule has 0 unspecified atom stereocenters. The van der Waals surface area contributed by atoms with Gasteiger partial charge in [-0.25, -0.2) is 14.1 Å². The number of aromatic nitrogens is 2. The van der Waals surface area contributed by atoms with Crippen molar-refractivity contribution in [2.75, 3.05) is 0 Å². The monoisotopic (exact) mass is 393 g/mol. The van der Waals surface area contributed by atoms with E-state index in [-0.39, 0.29) is 28.5 Å². The van der Waals surface area contributed by atoms with Crippen molar-refractivity contribution in [3.05, 3.63) is 40.3 Å². The minimum absolute atomic E-state index is 0.0403. The smallest absolute Gasteiger partial charge is 0.423 e. The highest BCUT2D eigenvalue weighted by molar-refractivity contribution is 6.31. The Kier molecular flexibility index (Phi) is 5.71. The zero-order chi connectivity index (χ0) is 20.4. The highest BCUT2D eigenvalue weighted by Gasteiger charge is 2.26. The number of halogens is 2. The van der Waals surface area contributed by atoms with Crippen LogP contribution in [-0.2, 0) is 11.3 Å². The SMILES string of the molecule is CC(C)(C)OC(=O)N(C#N)Cc1[nH]nc(-c2ccc(F)c(Cl)c2)c1C(N)=O. The van der Waals surface area contributed by atoms with E-state index in [1.54, 1.807) is 27.0 Å². The molecule has 8 nitrogen and oxygen atoms in total. The number of hydrogen-bond acceptors (Lipinski definition) is 5. The Morgan fingerprint density at radius 2 is 2.11 bits per heavy atom. The molecule has 142 valence electrons. The zero-order valence-electron chi connectivity index (χ0n) is 14.8. The van der Waals surface area contributed by atoms with Gasteiger partial charge in [0, 0.05) is 5.56 Å². The molecule has 0 bridgehead atoms. The summed E-state index contributed by atoms with van der Waals surface area (Å²) < 4.78 is 18.5. The lowest BCUT2D eigenvalue weighted by atomic mass is 10.0. The molecule has 0 saturated carbocycles. The van der Waals surface area contributed by atoms with Gasteiger partial charge < -0.3 is 10.5 Å². The number of hydrogen-bond donors (Lipinski definition) is 2. The molecule has 0 fully saturated rings. The average molecular weight is 394 g/mol. The first-order chi connectivity index (χ1) is 12.5. The van der Waals surface area contributed by atoms with E-state index in [0.717, 1.165) is 6.07 Å². The van der Waals surface area contributed by atoms with E-state index in [1.165, 1.54) is 12.1 Å². The topological polar surface area (TPSA) is 125 Å². The van der Waals surface area contributed by atoms with Gasteiger partial charge in [0.05, 0.1) is 22.8 Å². The molecule has 27 heavy (non-hydrogen) atoms. The molecule has 0 aliphatic carbocycles. The van der Waals surface area contributed by atoms with E-state index in [1.807, 2.05) is 0 Å². The highest BCUT2D eigenvalue weighted by Crippen LogP contribution is 2.28. The Bertz CT molecular complexity index is 930. The summed E-state index contributed by atoms with van der Waals surface area (Å²) in [6.45, 7) is 4.65. The van der Waals surface area contributed by atoms with Crippen molar-refractivity contribution in [3.63, 3.8) is 0 Å². The maximum atomic E-state index is 13.4. The summed E-state index contributed by atoms with van der Waals surface area (Å²) in [7, 11) is 0. The molecule has 2 amide bonds. The third-order valence-electron chi connectivity index (χ3n) is 3.33. The Balaban J connectivity index is 2.39. The van der Waals surface area contributed by atoms with Gasteiger partial charge >= 0.3 is 6.09 Å². The fourth-order valence-corrected chi connectivity index (χ4v) is 2.41. The second-order valence-corrected chi connectivity index (χ2v) is 6.99. The maximum Gasteiger partial charge on any atom is 0.423 e. The van der Waals surface area contributed by atoms with Crippen LogP contribution in [0.15, 0.2) is 18.2 Å². The fraction of sp³-hybridized carbons (Fsp3) is 0.294. The maximum absolute atomic E-state index is 13.4. The number of nitrogens with zero attached hydrogens (tertiary/aromatic N) is 3. The van der Waals surface area contributed by atoms with Crippen LogP contribution in [0.5, 0.6) is 0 Å². The summed E-state index contributed by atoms with van der Waals surface area (Å²) in [5.74, 6) is -1.46. The summed E-state index contributed by atoms with van der Waals surface area (Å²) in [6.07, 6.45) is 0.805. The summed E-state index contributed by atoms with van der Waals surface area (Å²) in [5, 5.41) is 15.7. The van der Waals surface area contributed by atoms with Gasteiger partial charge in [-0.1, -0.05) is 11.6 Å². The van der Waals surface area contributed by atoms with Gasteiger partial charge in [-0.05, 0) is 39.0 Å². The second kappa shape index (κ2) is 7.63.